The lowest BCUT2D eigenvalue weighted by atomic mass is 10.0. The normalized spacial score (nSPS) is 16.5. The first-order valence-corrected chi connectivity index (χ1v) is 10.2. The van der Waals surface area contributed by atoms with Gasteiger partial charge in [-0.2, -0.15) is 5.26 Å². The van der Waals surface area contributed by atoms with Crippen LogP contribution in [-0.2, 0) is 17.8 Å². The first-order valence-electron chi connectivity index (χ1n) is 10.2. The fourth-order valence-electron chi connectivity index (χ4n) is 4.24. The summed E-state index contributed by atoms with van der Waals surface area (Å²) in [6.45, 7) is 1.48. The van der Waals surface area contributed by atoms with Gasteiger partial charge in [0, 0.05) is 47.9 Å². The molecule has 0 aliphatic carbocycles. The molecular weight excluding hydrogens is 358 g/mol. The zero-order chi connectivity index (χ0) is 20.1. The van der Waals surface area contributed by atoms with Crippen LogP contribution in [0.1, 0.15) is 30.4 Å². The first-order chi connectivity index (χ1) is 14.3. The molecule has 0 bridgehead atoms. The molecule has 0 radical (unpaired) electrons. The highest BCUT2D eigenvalue weighted by atomic mass is 16.2. The SMILES string of the molecule is N#CCCn1cc(/C=C/C(=O)N2CCCC2Cc2ccccc2)c2ccccc21. The van der Waals surface area contributed by atoms with Crippen LogP contribution >= 0.6 is 0 Å². The summed E-state index contributed by atoms with van der Waals surface area (Å²) in [5, 5.41) is 10.0. The van der Waals surface area contributed by atoms with E-state index in [1.807, 2.05) is 35.4 Å². The minimum absolute atomic E-state index is 0.0808. The number of nitriles is 1. The van der Waals surface area contributed by atoms with Crippen molar-refractivity contribution in [1.82, 2.24) is 9.47 Å². The van der Waals surface area contributed by atoms with Gasteiger partial charge in [0.1, 0.15) is 0 Å². The van der Waals surface area contributed by atoms with E-state index in [0.29, 0.717) is 13.0 Å². The maximum absolute atomic E-state index is 12.9. The summed E-state index contributed by atoms with van der Waals surface area (Å²) >= 11 is 0. The Hall–Kier alpha value is -3.32. The van der Waals surface area contributed by atoms with Gasteiger partial charge in [0.25, 0.3) is 0 Å². The number of benzene rings is 2. The molecule has 4 rings (SSSR count). The minimum Gasteiger partial charge on any atom is -0.346 e. The molecule has 0 saturated carbocycles. The molecule has 1 fully saturated rings. The van der Waals surface area contributed by atoms with Crippen LogP contribution in [0.25, 0.3) is 17.0 Å². The molecule has 0 spiro atoms. The summed E-state index contributed by atoms with van der Waals surface area (Å²) in [7, 11) is 0. The van der Waals surface area contributed by atoms with Crippen molar-refractivity contribution in [3.05, 3.63) is 78.0 Å². The molecule has 1 unspecified atom stereocenters. The third-order valence-corrected chi connectivity index (χ3v) is 5.66. The molecule has 4 heteroatoms. The summed E-state index contributed by atoms with van der Waals surface area (Å²) in [4.78, 5) is 14.9. The summed E-state index contributed by atoms with van der Waals surface area (Å²) in [6.07, 6.45) is 9.17. The highest BCUT2D eigenvalue weighted by Crippen LogP contribution is 2.24. The van der Waals surface area contributed by atoms with Crippen molar-refractivity contribution in [3.8, 4) is 6.07 Å². The van der Waals surface area contributed by atoms with Gasteiger partial charge in [-0.05, 0) is 37.0 Å². The predicted molar refractivity (Wildman–Crippen MR) is 116 cm³/mol. The Kier molecular flexibility index (Phi) is 5.76. The summed E-state index contributed by atoms with van der Waals surface area (Å²) in [5.74, 6) is 0.0808. The Labute approximate surface area is 171 Å². The van der Waals surface area contributed by atoms with Crippen molar-refractivity contribution in [1.29, 1.82) is 5.26 Å². The molecule has 4 nitrogen and oxygen atoms in total. The number of amides is 1. The minimum atomic E-state index is 0.0808. The summed E-state index contributed by atoms with van der Waals surface area (Å²) < 4.78 is 2.09. The van der Waals surface area contributed by atoms with Gasteiger partial charge in [0.05, 0.1) is 12.5 Å². The van der Waals surface area contributed by atoms with Crippen molar-refractivity contribution in [2.45, 2.75) is 38.3 Å². The van der Waals surface area contributed by atoms with Crippen LogP contribution in [0.2, 0.25) is 0 Å². The van der Waals surface area contributed by atoms with Crippen LogP contribution in [0.4, 0.5) is 0 Å². The number of aryl methyl sites for hydroxylation is 1. The average molecular weight is 383 g/mol. The number of carbonyl (C=O) groups excluding carboxylic acids is 1. The molecule has 1 atom stereocenters. The molecule has 2 heterocycles. The van der Waals surface area contributed by atoms with Crippen LogP contribution in [0, 0.1) is 11.3 Å². The largest absolute Gasteiger partial charge is 0.346 e. The van der Waals surface area contributed by atoms with E-state index in [-0.39, 0.29) is 11.9 Å². The summed E-state index contributed by atoms with van der Waals surface area (Å²) in [5.41, 5.74) is 3.39. The lowest BCUT2D eigenvalue weighted by Gasteiger charge is -2.23. The van der Waals surface area contributed by atoms with Crippen LogP contribution in [0.3, 0.4) is 0 Å². The highest BCUT2D eigenvalue weighted by molar-refractivity contribution is 5.96. The molecule has 1 aliphatic heterocycles. The van der Waals surface area contributed by atoms with Gasteiger partial charge in [-0.15, -0.1) is 0 Å². The number of likely N-dealkylation sites (tertiary alicyclic amines) is 1. The molecule has 1 amide bonds. The number of hydrogen-bond donors (Lipinski definition) is 0. The van der Waals surface area contributed by atoms with Crippen molar-refractivity contribution in [2.24, 2.45) is 0 Å². The van der Waals surface area contributed by atoms with Gasteiger partial charge < -0.3 is 9.47 Å². The van der Waals surface area contributed by atoms with E-state index >= 15 is 0 Å². The molecule has 3 aromatic rings. The van der Waals surface area contributed by atoms with Gasteiger partial charge in [0.2, 0.25) is 5.91 Å². The second-order valence-corrected chi connectivity index (χ2v) is 7.55. The maximum atomic E-state index is 12.9. The fraction of sp³-hybridized carbons (Fsp3) is 0.280. The Balaban J connectivity index is 1.51. The standard InChI is InChI=1S/C25H25N3O/c26-15-7-16-27-19-21(23-11-4-5-12-24(23)27)13-14-25(29)28-17-6-10-22(28)18-20-8-2-1-3-9-20/h1-5,8-9,11-14,19,22H,6-7,10,16-18H2/b14-13+. The Morgan fingerprint density at radius 2 is 1.93 bits per heavy atom. The van der Waals surface area contributed by atoms with Gasteiger partial charge in [-0.25, -0.2) is 0 Å². The van der Waals surface area contributed by atoms with E-state index in [1.54, 1.807) is 6.08 Å². The Morgan fingerprint density at radius 1 is 1.14 bits per heavy atom. The van der Waals surface area contributed by atoms with Crippen LogP contribution in [0.15, 0.2) is 66.9 Å². The monoisotopic (exact) mass is 383 g/mol. The number of nitrogens with zero attached hydrogens (tertiary/aromatic N) is 3. The Bertz CT molecular complexity index is 1060. The van der Waals surface area contributed by atoms with E-state index in [2.05, 4.69) is 47.0 Å². The van der Waals surface area contributed by atoms with Crippen molar-refractivity contribution in [2.75, 3.05) is 6.54 Å². The number of fused-ring (bicyclic) bond motifs is 1. The topological polar surface area (TPSA) is 49.0 Å². The van der Waals surface area contributed by atoms with Gasteiger partial charge >= 0.3 is 0 Å². The van der Waals surface area contributed by atoms with E-state index in [0.717, 1.165) is 42.3 Å². The number of hydrogen-bond acceptors (Lipinski definition) is 2. The Morgan fingerprint density at radius 3 is 2.76 bits per heavy atom. The maximum Gasteiger partial charge on any atom is 0.246 e. The quantitative estimate of drug-likeness (QED) is 0.574. The predicted octanol–water partition coefficient (Wildman–Crippen LogP) is 4.80. The second-order valence-electron chi connectivity index (χ2n) is 7.55. The van der Waals surface area contributed by atoms with Crippen molar-refractivity contribution < 1.29 is 4.79 Å². The highest BCUT2D eigenvalue weighted by Gasteiger charge is 2.27. The lowest BCUT2D eigenvalue weighted by molar-refractivity contribution is -0.126. The second kappa shape index (κ2) is 8.79. The number of para-hydroxylation sites is 1. The van der Waals surface area contributed by atoms with Crippen molar-refractivity contribution in [3.63, 3.8) is 0 Å². The van der Waals surface area contributed by atoms with Crippen LogP contribution in [-0.4, -0.2) is 28.0 Å². The fourth-order valence-corrected chi connectivity index (χ4v) is 4.24. The summed E-state index contributed by atoms with van der Waals surface area (Å²) in [6, 6.07) is 21.0. The zero-order valence-electron chi connectivity index (χ0n) is 16.5. The van der Waals surface area contributed by atoms with Crippen LogP contribution in [0.5, 0.6) is 0 Å². The van der Waals surface area contributed by atoms with Crippen molar-refractivity contribution >= 4 is 22.9 Å². The lowest BCUT2D eigenvalue weighted by Crippen LogP contribution is -2.35. The van der Waals surface area contributed by atoms with E-state index in [4.69, 9.17) is 5.26 Å². The molecule has 1 aromatic heterocycles. The smallest absolute Gasteiger partial charge is 0.246 e. The molecule has 29 heavy (non-hydrogen) atoms. The molecule has 1 saturated heterocycles. The van der Waals surface area contributed by atoms with Gasteiger partial charge in [-0.3, -0.25) is 4.79 Å². The first kappa shape index (κ1) is 19.0. The van der Waals surface area contributed by atoms with Crippen LogP contribution < -0.4 is 0 Å². The molecule has 1 aliphatic rings. The molecule has 0 N–H and O–H groups in total. The third kappa shape index (κ3) is 4.25. The number of carbonyl (C=O) groups is 1. The molecular formula is C25H25N3O. The van der Waals surface area contributed by atoms with E-state index < -0.39 is 0 Å². The van der Waals surface area contributed by atoms with E-state index in [9.17, 15) is 4.79 Å². The number of aromatic nitrogens is 1. The van der Waals surface area contributed by atoms with Gasteiger partial charge in [-0.1, -0.05) is 48.5 Å². The molecule has 146 valence electrons. The van der Waals surface area contributed by atoms with Gasteiger partial charge in [0.15, 0.2) is 0 Å². The zero-order valence-corrected chi connectivity index (χ0v) is 16.5. The number of rotatable bonds is 6. The molecule has 2 aromatic carbocycles. The average Bonchev–Trinajstić information content (AvgIpc) is 3.36. The third-order valence-electron chi connectivity index (χ3n) is 5.66. The van der Waals surface area contributed by atoms with E-state index in [1.165, 1.54) is 5.56 Å².